The van der Waals surface area contributed by atoms with Crippen LogP contribution in [0.3, 0.4) is 0 Å². The van der Waals surface area contributed by atoms with Gasteiger partial charge in [0, 0.05) is 39.8 Å². The predicted octanol–water partition coefficient (Wildman–Crippen LogP) is 4.54. The van der Waals surface area contributed by atoms with Crippen molar-refractivity contribution in [1.82, 2.24) is 9.66 Å². The molecule has 0 amide bonds. The van der Waals surface area contributed by atoms with Gasteiger partial charge in [-0.25, -0.2) is 9.59 Å². The van der Waals surface area contributed by atoms with Crippen LogP contribution in [0.15, 0.2) is 83.6 Å². The lowest BCUT2D eigenvalue weighted by Crippen LogP contribution is -2.08. The molecule has 4 rings (SSSR count). The molecule has 0 saturated carbocycles. The van der Waals surface area contributed by atoms with Gasteiger partial charge in [-0.05, 0) is 36.4 Å². The van der Waals surface area contributed by atoms with Crippen LogP contribution in [0.5, 0.6) is 0 Å². The van der Waals surface area contributed by atoms with Gasteiger partial charge < -0.3 is 10.2 Å². The summed E-state index contributed by atoms with van der Waals surface area (Å²) in [7, 11) is 0. The fourth-order valence-electron chi connectivity index (χ4n) is 2.76. The van der Waals surface area contributed by atoms with Gasteiger partial charge in [0.25, 0.3) is 0 Å². The van der Waals surface area contributed by atoms with Crippen molar-refractivity contribution in [2.45, 2.75) is 0 Å². The summed E-state index contributed by atoms with van der Waals surface area (Å²) in [5.41, 5.74) is 6.76. The molecule has 0 radical (unpaired) electrons. The molecule has 0 fully saturated rings. The molecule has 2 aromatic heterocycles. The largest absolute Gasteiger partial charge is 0.478 e. The molecular weight excluding hydrogens is 438 g/mol. The number of carboxylic acids is 2. The molecule has 4 aromatic rings. The van der Waals surface area contributed by atoms with Crippen molar-refractivity contribution in [2.75, 3.05) is 5.43 Å². The summed E-state index contributed by atoms with van der Waals surface area (Å²) in [6.07, 6.45) is 4.68. The van der Waals surface area contributed by atoms with E-state index in [0.29, 0.717) is 12.2 Å². The van der Waals surface area contributed by atoms with E-state index >= 15 is 0 Å². The number of hydrogen-bond acceptors (Lipinski definition) is 4. The summed E-state index contributed by atoms with van der Waals surface area (Å²) in [6, 6.07) is 18.6. The number of carbonyl (C=O) groups is 2. The molecule has 0 bridgehead atoms. The fraction of sp³-hybridized carbons (Fsp3) is 0. The van der Waals surface area contributed by atoms with E-state index < -0.39 is 11.9 Å². The number of aliphatic carboxylic acids is 2. The van der Waals surface area contributed by atoms with Gasteiger partial charge in [0.05, 0.1) is 16.7 Å². The van der Waals surface area contributed by atoms with Crippen LogP contribution < -0.4 is 5.43 Å². The lowest BCUT2D eigenvalue weighted by Gasteiger charge is -2.10. The lowest BCUT2D eigenvalue weighted by atomic mass is 10.2. The van der Waals surface area contributed by atoms with Crippen molar-refractivity contribution in [3.63, 3.8) is 0 Å². The normalized spacial score (nSPS) is 10.7. The summed E-state index contributed by atoms with van der Waals surface area (Å²) < 4.78 is 3.20. The second-order valence-corrected chi connectivity index (χ2v) is 6.79. The summed E-state index contributed by atoms with van der Waals surface area (Å²) in [5, 5.41) is 18.1. The number of fused-ring (bicyclic) bond motifs is 3. The van der Waals surface area contributed by atoms with Crippen molar-refractivity contribution >= 4 is 55.4 Å². The maximum atomic E-state index is 9.55. The lowest BCUT2D eigenvalue weighted by molar-refractivity contribution is -0.134. The quantitative estimate of drug-likeness (QED) is 0.391. The molecule has 0 spiro atoms. The zero-order valence-corrected chi connectivity index (χ0v) is 16.6. The number of aromatic nitrogens is 2. The maximum absolute atomic E-state index is 9.55. The zero-order valence-electron chi connectivity index (χ0n) is 15.0. The van der Waals surface area contributed by atoms with Gasteiger partial charge in [0.15, 0.2) is 0 Å². The standard InChI is InChI=1S/C17H12BrN3.C4H4O4/c18-12-5-6-17-15(11-12)14-3-1-2-4-16(14)21(17)20-13-7-9-19-10-8-13;5-3(6)1-2-4(7)8/h1-11H,(H,19,20);1-2H,(H,5,6)(H,7,8)/b;2-1-. The van der Waals surface area contributed by atoms with Crippen LogP contribution in [0.4, 0.5) is 5.69 Å². The van der Waals surface area contributed by atoms with E-state index in [0.717, 1.165) is 21.2 Å². The number of anilines is 1. The molecule has 0 unspecified atom stereocenters. The van der Waals surface area contributed by atoms with Crippen molar-refractivity contribution in [3.8, 4) is 0 Å². The Morgan fingerprint density at radius 3 is 2.17 bits per heavy atom. The molecule has 3 N–H and O–H groups in total. The molecule has 8 heteroatoms. The minimum absolute atomic E-state index is 0.558. The highest BCUT2D eigenvalue weighted by Crippen LogP contribution is 2.30. The topological polar surface area (TPSA) is 104 Å². The molecule has 0 atom stereocenters. The Morgan fingerprint density at radius 1 is 0.897 bits per heavy atom. The van der Waals surface area contributed by atoms with Gasteiger partial charge in [-0.1, -0.05) is 34.1 Å². The van der Waals surface area contributed by atoms with E-state index in [4.69, 9.17) is 10.2 Å². The molecule has 0 aliphatic heterocycles. The van der Waals surface area contributed by atoms with E-state index in [-0.39, 0.29) is 0 Å². The van der Waals surface area contributed by atoms with Gasteiger partial charge in [-0.2, -0.15) is 0 Å². The fourth-order valence-corrected chi connectivity index (χ4v) is 3.12. The number of hydrogen-bond donors (Lipinski definition) is 3. The van der Waals surface area contributed by atoms with Gasteiger partial charge in [-0.15, -0.1) is 0 Å². The first kappa shape index (κ1) is 20.1. The molecule has 2 aromatic carbocycles. The summed E-state index contributed by atoms with van der Waals surface area (Å²) in [4.78, 5) is 23.2. The SMILES string of the molecule is Brc1ccc2c(c1)c1ccccc1n2Nc1ccncc1.O=C(O)/C=C\C(=O)O. The number of carboxylic acid groups (broad SMARTS) is 2. The van der Waals surface area contributed by atoms with Crippen LogP contribution >= 0.6 is 15.9 Å². The van der Waals surface area contributed by atoms with E-state index in [1.54, 1.807) is 12.4 Å². The van der Waals surface area contributed by atoms with E-state index in [1.807, 2.05) is 12.1 Å². The first-order valence-electron chi connectivity index (χ1n) is 8.45. The van der Waals surface area contributed by atoms with Crippen molar-refractivity contribution in [3.05, 3.63) is 83.6 Å². The van der Waals surface area contributed by atoms with Gasteiger partial charge in [0.2, 0.25) is 0 Å². The molecule has 2 heterocycles. The minimum Gasteiger partial charge on any atom is -0.478 e. The minimum atomic E-state index is -1.26. The highest BCUT2D eigenvalue weighted by Gasteiger charge is 2.10. The Bertz CT molecular complexity index is 1190. The molecule has 0 saturated heterocycles. The number of benzene rings is 2. The second-order valence-electron chi connectivity index (χ2n) is 5.87. The summed E-state index contributed by atoms with van der Waals surface area (Å²) >= 11 is 3.56. The van der Waals surface area contributed by atoms with Crippen LogP contribution in [0.2, 0.25) is 0 Å². The van der Waals surface area contributed by atoms with E-state index in [2.05, 4.69) is 73.5 Å². The Labute approximate surface area is 174 Å². The maximum Gasteiger partial charge on any atom is 0.328 e. The molecular formula is C21H16BrN3O4. The average Bonchev–Trinajstić information content (AvgIpc) is 3.01. The van der Waals surface area contributed by atoms with E-state index in [1.165, 1.54) is 10.8 Å². The van der Waals surface area contributed by atoms with Crippen LogP contribution in [0.25, 0.3) is 21.8 Å². The predicted molar refractivity (Wildman–Crippen MR) is 115 cm³/mol. The number of nitrogens with zero attached hydrogens (tertiary/aromatic N) is 2. The Kier molecular flexibility index (Phi) is 6.25. The smallest absolute Gasteiger partial charge is 0.328 e. The third-order valence-electron chi connectivity index (χ3n) is 3.92. The third-order valence-corrected chi connectivity index (χ3v) is 4.42. The van der Waals surface area contributed by atoms with Crippen molar-refractivity contribution in [1.29, 1.82) is 0 Å². The van der Waals surface area contributed by atoms with Crippen molar-refractivity contribution in [2.24, 2.45) is 0 Å². The average molecular weight is 454 g/mol. The van der Waals surface area contributed by atoms with E-state index in [9.17, 15) is 9.59 Å². The zero-order chi connectivity index (χ0) is 20.8. The first-order valence-corrected chi connectivity index (χ1v) is 9.24. The van der Waals surface area contributed by atoms with Crippen LogP contribution in [0, 0.1) is 0 Å². The number of pyridine rings is 1. The van der Waals surface area contributed by atoms with Crippen LogP contribution in [-0.4, -0.2) is 31.8 Å². The summed E-state index contributed by atoms with van der Waals surface area (Å²) in [6.45, 7) is 0. The molecule has 0 aliphatic rings. The van der Waals surface area contributed by atoms with Crippen molar-refractivity contribution < 1.29 is 19.8 Å². The second kappa shape index (κ2) is 9.03. The molecule has 7 nitrogen and oxygen atoms in total. The first-order chi connectivity index (χ1) is 14.0. The summed E-state index contributed by atoms with van der Waals surface area (Å²) in [5.74, 6) is -2.51. The Hall–Kier alpha value is -3.65. The number of rotatable bonds is 4. The van der Waals surface area contributed by atoms with Gasteiger partial charge >= 0.3 is 11.9 Å². The Morgan fingerprint density at radius 2 is 1.52 bits per heavy atom. The van der Waals surface area contributed by atoms with Gasteiger partial charge in [0.1, 0.15) is 0 Å². The Balaban J connectivity index is 0.000000258. The monoisotopic (exact) mass is 453 g/mol. The molecule has 0 aliphatic carbocycles. The van der Waals surface area contributed by atoms with Crippen LogP contribution in [-0.2, 0) is 9.59 Å². The molecule has 29 heavy (non-hydrogen) atoms. The van der Waals surface area contributed by atoms with Crippen LogP contribution in [0.1, 0.15) is 0 Å². The number of para-hydroxylation sites is 1. The van der Waals surface area contributed by atoms with Gasteiger partial charge in [-0.3, -0.25) is 15.1 Å². The number of nitrogens with one attached hydrogen (secondary N) is 1. The third kappa shape index (κ3) is 4.99. The highest BCUT2D eigenvalue weighted by molar-refractivity contribution is 9.10. The highest BCUT2D eigenvalue weighted by atomic mass is 79.9. The molecule has 146 valence electrons. The number of halogens is 1.